The molecule has 0 aromatic carbocycles. The average Bonchev–Trinajstić information content (AvgIpc) is 2.21. The molecule has 0 atom stereocenters. The summed E-state index contributed by atoms with van der Waals surface area (Å²) in [5, 5.41) is 25.2. The first kappa shape index (κ1) is 15.5. The molecular weight excluding hydrogens is 256 g/mol. The molecule has 0 aliphatic carbocycles. The Morgan fingerprint density at radius 1 is 0.824 bits per heavy atom. The van der Waals surface area contributed by atoms with Crippen LogP contribution < -0.4 is 0 Å². The molecule has 9 nitrogen and oxygen atoms in total. The largest absolute Gasteiger partial charge is 0.499 e. The Morgan fingerprint density at radius 3 is 1.24 bits per heavy atom. The third-order valence-electron chi connectivity index (χ3n) is 1.37. The first-order valence-corrected chi connectivity index (χ1v) is 6.55. The molecule has 0 aromatic rings. The third-order valence-corrected chi connectivity index (χ3v) is 3.38. The molecule has 98 valence electrons. The number of carbonyl (C=O) groups is 3. The van der Waals surface area contributed by atoms with Crippen molar-refractivity contribution in [3.05, 3.63) is 0 Å². The number of carboxylic acid groups (broad SMARTS) is 3. The maximum Gasteiger partial charge on any atom is 0.499 e. The first-order valence-electron chi connectivity index (χ1n) is 4.32. The fourth-order valence-electron chi connectivity index (χ4n) is 0.703. The van der Waals surface area contributed by atoms with Gasteiger partial charge in [-0.25, -0.2) is 14.4 Å². The number of carboxylic acids is 3. The topological polar surface area (TPSA) is 140 Å². The molecule has 0 bridgehead atoms. The zero-order chi connectivity index (χ0) is 13.5. The summed E-state index contributed by atoms with van der Waals surface area (Å²) in [5.41, 5.74) is 0. The second-order valence-corrected chi connectivity index (χ2v) is 5.50. The zero-order valence-corrected chi connectivity index (χ0v) is 9.91. The predicted molar refractivity (Wildman–Crippen MR) is 52.4 cm³/mol. The molecule has 0 aliphatic rings. The fraction of sp³-hybridized carbons (Fsp3) is 0.571. The van der Waals surface area contributed by atoms with Gasteiger partial charge in [0, 0.05) is 6.55 Å². The lowest BCUT2D eigenvalue weighted by Gasteiger charge is -2.23. The van der Waals surface area contributed by atoms with Crippen LogP contribution in [0, 0.1) is 0 Å². The Balaban J connectivity index is 4.37. The Labute approximate surface area is 96.9 Å². The van der Waals surface area contributed by atoms with E-state index in [2.05, 4.69) is 0 Å². The number of hydrogen-bond acceptors (Lipinski definition) is 6. The quantitative estimate of drug-likeness (QED) is 0.442. The number of rotatable bonds is 9. The Bertz CT molecular complexity index is 256. The fourth-order valence-corrected chi connectivity index (χ4v) is 2.11. The van der Waals surface area contributed by atoms with E-state index in [4.69, 9.17) is 28.6 Å². The minimum Gasteiger partial charge on any atom is -0.480 e. The molecule has 17 heavy (non-hydrogen) atoms. The zero-order valence-electron chi connectivity index (χ0n) is 8.91. The van der Waals surface area contributed by atoms with Gasteiger partial charge in [-0.2, -0.15) is 0 Å². The highest BCUT2D eigenvalue weighted by molar-refractivity contribution is 6.59. The van der Waals surface area contributed by atoms with Crippen molar-refractivity contribution in [1.82, 2.24) is 0 Å². The molecular formula is C7H12O9Si. The van der Waals surface area contributed by atoms with Crippen LogP contribution in [0.1, 0.15) is 0 Å². The monoisotopic (exact) mass is 268 g/mol. The van der Waals surface area contributed by atoms with Crippen molar-refractivity contribution >= 4 is 26.7 Å². The van der Waals surface area contributed by atoms with E-state index >= 15 is 0 Å². The molecule has 0 saturated carbocycles. The maximum atomic E-state index is 10.3. The van der Waals surface area contributed by atoms with Crippen molar-refractivity contribution in [2.45, 2.75) is 6.55 Å². The van der Waals surface area contributed by atoms with Crippen molar-refractivity contribution in [2.24, 2.45) is 0 Å². The summed E-state index contributed by atoms with van der Waals surface area (Å²) in [6.45, 7) is -1.08. The SMILES string of the molecule is C[Si](OCC(=O)O)(OCC(=O)O)OCC(=O)O. The molecule has 0 aliphatic heterocycles. The number of hydrogen-bond donors (Lipinski definition) is 3. The summed E-state index contributed by atoms with van der Waals surface area (Å²) in [6.07, 6.45) is 0. The van der Waals surface area contributed by atoms with Gasteiger partial charge in [0.25, 0.3) is 0 Å². The van der Waals surface area contributed by atoms with Crippen molar-refractivity contribution in [3.8, 4) is 0 Å². The molecule has 10 heteroatoms. The van der Waals surface area contributed by atoms with Gasteiger partial charge in [0.1, 0.15) is 19.8 Å². The molecule has 0 amide bonds. The van der Waals surface area contributed by atoms with E-state index in [0.29, 0.717) is 0 Å². The van der Waals surface area contributed by atoms with E-state index in [1.165, 1.54) is 6.55 Å². The van der Waals surface area contributed by atoms with E-state index in [9.17, 15) is 14.4 Å². The molecule has 0 heterocycles. The van der Waals surface area contributed by atoms with Crippen molar-refractivity contribution in [2.75, 3.05) is 19.8 Å². The van der Waals surface area contributed by atoms with Crippen molar-refractivity contribution in [1.29, 1.82) is 0 Å². The van der Waals surface area contributed by atoms with Crippen molar-refractivity contribution in [3.63, 3.8) is 0 Å². The van der Waals surface area contributed by atoms with Gasteiger partial charge in [-0.3, -0.25) is 0 Å². The summed E-state index contributed by atoms with van der Waals surface area (Å²) in [4.78, 5) is 30.8. The smallest absolute Gasteiger partial charge is 0.480 e. The molecule has 0 fully saturated rings. The molecule has 0 saturated heterocycles. The van der Waals surface area contributed by atoms with Crippen LogP contribution >= 0.6 is 0 Å². The lowest BCUT2D eigenvalue weighted by Crippen LogP contribution is -2.46. The Kier molecular flexibility index (Phi) is 6.34. The molecule has 0 aromatic heterocycles. The van der Waals surface area contributed by atoms with Gasteiger partial charge in [-0.15, -0.1) is 0 Å². The summed E-state index contributed by atoms with van der Waals surface area (Å²) in [6, 6.07) is 0. The van der Waals surface area contributed by atoms with Gasteiger partial charge in [0.2, 0.25) is 0 Å². The van der Waals surface area contributed by atoms with Gasteiger partial charge >= 0.3 is 26.7 Å². The Hall–Kier alpha value is -1.49. The van der Waals surface area contributed by atoms with Gasteiger partial charge in [-0.1, -0.05) is 0 Å². The van der Waals surface area contributed by atoms with Crippen LogP contribution in [0.5, 0.6) is 0 Å². The van der Waals surface area contributed by atoms with E-state index < -0.39 is 46.5 Å². The van der Waals surface area contributed by atoms with Gasteiger partial charge < -0.3 is 28.6 Å². The first-order chi connectivity index (χ1) is 7.75. The number of aliphatic carboxylic acids is 3. The van der Waals surface area contributed by atoms with E-state index in [1.54, 1.807) is 0 Å². The van der Waals surface area contributed by atoms with Crippen LogP contribution in [0.15, 0.2) is 0 Å². The summed E-state index contributed by atoms with van der Waals surface area (Å²) in [5.74, 6) is -3.91. The average molecular weight is 268 g/mol. The second-order valence-electron chi connectivity index (χ2n) is 2.91. The highest BCUT2D eigenvalue weighted by atomic mass is 28.4. The van der Waals surface area contributed by atoms with Gasteiger partial charge in [-0.05, 0) is 0 Å². The second kappa shape index (κ2) is 6.96. The molecule has 3 N–H and O–H groups in total. The minimum atomic E-state index is -3.58. The standard InChI is InChI=1S/C7H12O9Si/c1-17(14-2-5(8)9,15-3-6(10)11)16-4-7(12)13/h2-4H2,1H3,(H,8,9)(H,10,11)(H,12,13). The van der Waals surface area contributed by atoms with Crippen LogP contribution in [0.3, 0.4) is 0 Å². The molecule has 0 spiro atoms. The molecule has 0 unspecified atom stereocenters. The summed E-state index contributed by atoms with van der Waals surface area (Å²) < 4.78 is 14.3. The predicted octanol–water partition coefficient (Wildman–Crippen LogP) is -1.14. The minimum absolute atomic E-state index is 0.762. The Morgan fingerprint density at radius 2 is 1.06 bits per heavy atom. The van der Waals surface area contributed by atoms with Crippen LogP contribution in [-0.4, -0.2) is 61.9 Å². The van der Waals surface area contributed by atoms with Crippen molar-refractivity contribution < 1.29 is 43.0 Å². The highest BCUT2D eigenvalue weighted by Gasteiger charge is 2.37. The van der Waals surface area contributed by atoms with Gasteiger partial charge in [0.15, 0.2) is 0 Å². The third kappa shape index (κ3) is 8.33. The molecule has 0 radical (unpaired) electrons. The summed E-state index contributed by atoms with van der Waals surface area (Å²) >= 11 is 0. The van der Waals surface area contributed by atoms with Crippen LogP contribution in [0.4, 0.5) is 0 Å². The lowest BCUT2D eigenvalue weighted by atomic mass is 10.8. The summed E-state index contributed by atoms with van der Waals surface area (Å²) in [7, 11) is -3.58. The molecule has 0 rings (SSSR count). The normalized spacial score (nSPS) is 11.1. The maximum absolute atomic E-state index is 10.3. The van der Waals surface area contributed by atoms with E-state index in [-0.39, 0.29) is 0 Å². The van der Waals surface area contributed by atoms with E-state index in [0.717, 1.165) is 0 Å². The van der Waals surface area contributed by atoms with Crippen LogP contribution in [0.25, 0.3) is 0 Å². The van der Waals surface area contributed by atoms with Crippen LogP contribution in [0.2, 0.25) is 6.55 Å². The van der Waals surface area contributed by atoms with Crippen LogP contribution in [-0.2, 0) is 27.7 Å². The van der Waals surface area contributed by atoms with Gasteiger partial charge in [0.05, 0.1) is 0 Å². The van der Waals surface area contributed by atoms with E-state index in [1.807, 2.05) is 0 Å². The highest BCUT2D eigenvalue weighted by Crippen LogP contribution is 2.09. The lowest BCUT2D eigenvalue weighted by molar-refractivity contribution is -0.144.